The fourth-order valence-electron chi connectivity index (χ4n) is 3.13. The number of non-ortho nitro benzene ring substituents is 1. The van der Waals surface area contributed by atoms with Crippen molar-refractivity contribution in [3.63, 3.8) is 0 Å². The number of nitrogens with one attached hydrogen (secondary N) is 2. The quantitative estimate of drug-likeness (QED) is 0.249. The smallest absolute Gasteiger partial charge is 0.269 e. The van der Waals surface area contributed by atoms with E-state index >= 15 is 0 Å². The average Bonchev–Trinajstić information content (AvgIpc) is 2.87. The molecule has 0 saturated carbocycles. The highest BCUT2D eigenvalue weighted by molar-refractivity contribution is 5.97. The molecular formula is C26H25FN4O5. The summed E-state index contributed by atoms with van der Waals surface area (Å²) in [5.41, 5.74) is 4.19. The molecule has 0 aliphatic carbocycles. The van der Waals surface area contributed by atoms with Gasteiger partial charge in [-0.05, 0) is 77.7 Å². The van der Waals surface area contributed by atoms with Gasteiger partial charge in [0, 0.05) is 17.7 Å². The van der Waals surface area contributed by atoms with E-state index in [0.29, 0.717) is 11.3 Å². The Morgan fingerprint density at radius 3 is 2.25 bits per heavy atom. The van der Waals surface area contributed by atoms with E-state index < -0.39 is 28.6 Å². The van der Waals surface area contributed by atoms with Crippen molar-refractivity contribution in [2.45, 2.75) is 26.5 Å². The second-order valence-corrected chi connectivity index (χ2v) is 8.22. The summed E-state index contributed by atoms with van der Waals surface area (Å²) in [5, 5.41) is 17.3. The minimum absolute atomic E-state index is 0.0180. The molecule has 2 N–H and O–H groups in total. The molecular weight excluding hydrogens is 467 g/mol. The number of amides is 2. The van der Waals surface area contributed by atoms with E-state index in [1.165, 1.54) is 42.6 Å². The van der Waals surface area contributed by atoms with Gasteiger partial charge in [-0.2, -0.15) is 5.10 Å². The highest BCUT2D eigenvalue weighted by atomic mass is 19.1. The summed E-state index contributed by atoms with van der Waals surface area (Å²) >= 11 is 0. The zero-order valence-electron chi connectivity index (χ0n) is 19.7. The van der Waals surface area contributed by atoms with Gasteiger partial charge in [0.2, 0.25) is 0 Å². The summed E-state index contributed by atoms with van der Waals surface area (Å²) in [7, 11) is 0. The number of nitrogens with zero attached hydrogens (tertiary/aromatic N) is 2. The third-order valence-corrected chi connectivity index (χ3v) is 5.16. The molecule has 0 spiro atoms. The van der Waals surface area contributed by atoms with Crippen molar-refractivity contribution >= 4 is 23.7 Å². The maximum absolute atomic E-state index is 13.1. The summed E-state index contributed by atoms with van der Waals surface area (Å²) in [5.74, 6) is -1.05. The van der Waals surface area contributed by atoms with Crippen molar-refractivity contribution < 1.29 is 23.6 Å². The Balaban J connectivity index is 1.51. The molecule has 1 unspecified atom stereocenters. The van der Waals surface area contributed by atoms with Gasteiger partial charge in [0.1, 0.15) is 24.2 Å². The van der Waals surface area contributed by atoms with Crippen molar-refractivity contribution in [1.29, 1.82) is 0 Å². The first-order valence-corrected chi connectivity index (χ1v) is 11.1. The molecule has 3 aromatic rings. The van der Waals surface area contributed by atoms with E-state index in [2.05, 4.69) is 15.8 Å². The lowest BCUT2D eigenvalue weighted by Crippen LogP contribution is -2.48. The van der Waals surface area contributed by atoms with Gasteiger partial charge in [-0.15, -0.1) is 0 Å². The fourth-order valence-corrected chi connectivity index (χ4v) is 3.13. The molecule has 0 heterocycles. The molecule has 0 radical (unpaired) electrons. The number of ether oxygens (including phenoxy) is 1. The van der Waals surface area contributed by atoms with Crippen LogP contribution >= 0.6 is 0 Å². The van der Waals surface area contributed by atoms with Crippen LogP contribution < -0.4 is 15.5 Å². The van der Waals surface area contributed by atoms with Gasteiger partial charge in [0.25, 0.3) is 17.5 Å². The normalized spacial score (nSPS) is 11.8. The Bertz CT molecular complexity index is 1230. The van der Waals surface area contributed by atoms with Crippen molar-refractivity contribution in [1.82, 2.24) is 10.7 Å². The first kappa shape index (κ1) is 26.0. The number of nitro groups is 1. The summed E-state index contributed by atoms with van der Waals surface area (Å²) in [6.45, 7) is 3.82. The van der Waals surface area contributed by atoms with Crippen LogP contribution in [0.25, 0.3) is 0 Å². The summed E-state index contributed by atoms with van der Waals surface area (Å²) in [6.07, 6.45) is 1.46. The van der Waals surface area contributed by atoms with Gasteiger partial charge in [0.05, 0.1) is 11.1 Å². The molecule has 9 nitrogen and oxygen atoms in total. The molecule has 186 valence electrons. The number of hydrazone groups is 1. The Hall–Kier alpha value is -4.60. The number of benzene rings is 3. The Labute approximate surface area is 207 Å². The molecule has 36 heavy (non-hydrogen) atoms. The van der Waals surface area contributed by atoms with Crippen LogP contribution in [-0.2, 0) is 11.4 Å². The molecule has 0 bridgehead atoms. The number of hydrogen-bond acceptors (Lipinski definition) is 6. The third kappa shape index (κ3) is 7.45. The predicted molar refractivity (Wildman–Crippen MR) is 132 cm³/mol. The van der Waals surface area contributed by atoms with Crippen LogP contribution in [0.2, 0.25) is 0 Å². The van der Waals surface area contributed by atoms with E-state index in [4.69, 9.17) is 4.74 Å². The molecule has 3 aromatic carbocycles. The predicted octanol–water partition coefficient (Wildman–Crippen LogP) is 4.22. The molecule has 10 heteroatoms. The molecule has 0 aromatic heterocycles. The Kier molecular flexibility index (Phi) is 8.82. The molecule has 0 fully saturated rings. The third-order valence-electron chi connectivity index (χ3n) is 5.16. The SMILES string of the molecule is CC(C)C(NC(=O)c1ccc(F)cc1)C(=O)NN=Cc1ccc(OCc2ccc([N+](=O)[O-])cc2)cc1. The van der Waals surface area contributed by atoms with E-state index in [-0.39, 0.29) is 23.8 Å². The largest absolute Gasteiger partial charge is 0.489 e. The van der Waals surface area contributed by atoms with Crippen molar-refractivity contribution in [3.05, 3.63) is 105 Å². The first-order valence-electron chi connectivity index (χ1n) is 11.1. The van der Waals surface area contributed by atoms with E-state index in [0.717, 1.165) is 5.56 Å². The fraction of sp³-hybridized carbons (Fsp3) is 0.192. The lowest BCUT2D eigenvalue weighted by Gasteiger charge is -2.20. The van der Waals surface area contributed by atoms with Crippen LogP contribution in [0.5, 0.6) is 5.75 Å². The van der Waals surface area contributed by atoms with Gasteiger partial charge in [-0.3, -0.25) is 19.7 Å². The van der Waals surface area contributed by atoms with Crippen LogP contribution in [0.3, 0.4) is 0 Å². The number of carbonyl (C=O) groups excluding carboxylic acids is 2. The summed E-state index contributed by atoms with van der Waals surface area (Å²) in [4.78, 5) is 35.2. The maximum Gasteiger partial charge on any atom is 0.269 e. The molecule has 1 atom stereocenters. The monoisotopic (exact) mass is 492 g/mol. The van der Waals surface area contributed by atoms with Crippen molar-refractivity contribution in [3.8, 4) is 5.75 Å². The van der Waals surface area contributed by atoms with E-state index in [1.54, 1.807) is 50.2 Å². The van der Waals surface area contributed by atoms with Gasteiger partial charge < -0.3 is 10.1 Å². The Morgan fingerprint density at radius 2 is 1.67 bits per heavy atom. The lowest BCUT2D eigenvalue weighted by atomic mass is 10.0. The maximum atomic E-state index is 13.1. The van der Waals surface area contributed by atoms with Crippen LogP contribution in [-0.4, -0.2) is 29.0 Å². The first-order chi connectivity index (χ1) is 17.2. The topological polar surface area (TPSA) is 123 Å². The minimum Gasteiger partial charge on any atom is -0.489 e. The number of hydrogen-bond donors (Lipinski definition) is 2. The molecule has 0 saturated heterocycles. The minimum atomic E-state index is -0.838. The molecule has 3 rings (SSSR count). The van der Waals surface area contributed by atoms with Gasteiger partial charge in [-0.25, -0.2) is 9.82 Å². The number of halogens is 1. The second-order valence-electron chi connectivity index (χ2n) is 8.22. The average molecular weight is 493 g/mol. The van der Waals surface area contributed by atoms with Gasteiger partial charge in [-0.1, -0.05) is 13.8 Å². The van der Waals surface area contributed by atoms with Crippen molar-refractivity contribution in [2.24, 2.45) is 11.0 Å². The zero-order chi connectivity index (χ0) is 26.1. The van der Waals surface area contributed by atoms with E-state index in [1.807, 2.05) is 0 Å². The highest BCUT2D eigenvalue weighted by Gasteiger charge is 2.24. The zero-order valence-corrected chi connectivity index (χ0v) is 19.7. The molecule has 2 amide bonds. The van der Waals surface area contributed by atoms with Crippen LogP contribution in [0.1, 0.15) is 35.3 Å². The van der Waals surface area contributed by atoms with Crippen LogP contribution in [0, 0.1) is 21.8 Å². The van der Waals surface area contributed by atoms with Gasteiger partial charge in [0.15, 0.2) is 0 Å². The van der Waals surface area contributed by atoms with Gasteiger partial charge >= 0.3 is 0 Å². The van der Waals surface area contributed by atoms with Crippen LogP contribution in [0.15, 0.2) is 77.9 Å². The lowest BCUT2D eigenvalue weighted by molar-refractivity contribution is -0.384. The number of nitro benzene ring substituents is 1. The standard InChI is InChI=1S/C26H25FN4O5/c1-17(2)24(29-25(32)20-7-9-21(27)10-8-20)26(33)30-28-15-18-5-13-23(14-6-18)36-16-19-3-11-22(12-4-19)31(34)35/h3-15,17,24H,16H2,1-2H3,(H,29,32)(H,30,33). The molecule has 0 aliphatic rings. The van der Waals surface area contributed by atoms with E-state index in [9.17, 15) is 24.1 Å². The number of rotatable bonds is 10. The second kappa shape index (κ2) is 12.2. The number of carbonyl (C=O) groups is 2. The molecule has 0 aliphatic heterocycles. The Morgan fingerprint density at radius 1 is 1.03 bits per heavy atom. The van der Waals surface area contributed by atoms with Crippen LogP contribution in [0.4, 0.5) is 10.1 Å². The highest BCUT2D eigenvalue weighted by Crippen LogP contribution is 2.16. The van der Waals surface area contributed by atoms with Crippen molar-refractivity contribution in [2.75, 3.05) is 0 Å². The summed E-state index contributed by atoms with van der Waals surface area (Å²) < 4.78 is 18.8. The summed E-state index contributed by atoms with van der Waals surface area (Å²) in [6, 6.07) is 17.3.